The highest BCUT2D eigenvalue weighted by Gasteiger charge is 2.13. The summed E-state index contributed by atoms with van der Waals surface area (Å²) in [7, 11) is 0. The summed E-state index contributed by atoms with van der Waals surface area (Å²) in [5.74, 6) is -1.22. The van der Waals surface area contributed by atoms with Gasteiger partial charge in [-0.05, 0) is 92.2 Å². The maximum atomic E-state index is 11.0. The van der Waals surface area contributed by atoms with Crippen molar-refractivity contribution in [3.63, 3.8) is 0 Å². The van der Waals surface area contributed by atoms with Gasteiger partial charge in [-0.25, -0.2) is 4.85 Å². The van der Waals surface area contributed by atoms with Crippen molar-refractivity contribution in [2.75, 3.05) is 4.90 Å². The smallest absolute Gasteiger partial charge is 0.333 e. The Kier molecular flexibility index (Phi) is 8.07. The molecule has 0 aliphatic heterocycles. The molecule has 5 rings (SSSR count). The van der Waals surface area contributed by atoms with Crippen LogP contribution in [0, 0.1) is 20.4 Å². The number of carboxylic acid groups (broad SMARTS) is 1. The van der Waals surface area contributed by atoms with E-state index >= 15 is 0 Å². The topological polar surface area (TPSA) is 44.9 Å². The largest absolute Gasteiger partial charge is 0.486 e. The minimum atomic E-state index is -1.22. The summed E-state index contributed by atoms with van der Waals surface area (Å²) in [5.41, 5.74) is 6.65. The number of aryl methyl sites for hydroxylation is 2. The second-order valence-electron chi connectivity index (χ2n) is 9.25. The Morgan fingerprint density at radius 1 is 0.725 bits per heavy atom. The maximum Gasteiger partial charge on any atom is 0.333 e. The third kappa shape index (κ3) is 6.13. The quantitative estimate of drug-likeness (QED) is 0.117. The number of allylic oxidation sites excluding steroid dienone is 2. The van der Waals surface area contributed by atoms with E-state index in [2.05, 4.69) is 115 Å². The molecular formula is C34H26N2O2S2. The minimum Gasteiger partial charge on any atom is -0.486 e. The molecule has 0 bridgehead atoms. The van der Waals surface area contributed by atoms with Crippen LogP contribution in [0.5, 0.6) is 0 Å². The van der Waals surface area contributed by atoms with Gasteiger partial charge >= 0.3 is 5.97 Å². The number of thiophene rings is 2. The van der Waals surface area contributed by atoms with Crippen molar-refractivity contribution in [3.05, 3.63) is 142 Å². The highest BCUT2D eigenvalue weighted by molar-refractivity contribution is 7.24. The first-order valence-electron chi connectivity index (χ1n) is 12.6. The van der Waals surface area contributed by atoms with Crippen molar-refractivity contribution in [2.24, 2.45) is 0 Å². The molecular weight excluding hydrogens is 533 g/mol. The van der Waals surface area contributed by atoms with Gasteiger partial charge in [0.15, 0.2) is 0 Å². The summed E-state index contributed by atoms with van der Waals surface area (Å²) < 4.78 is 0. The van der Waals surface area contributed by atoms with Gasteiger partial charge in [0.25, 0.3) is 5.70 Å². The van der Waals surface area contributed by atoms with Crippen LogP contribution >= 0.6 is 22.7 Å². The van der Waals surface area contributed by atoms with Crippen molar-refractivity contribution < 1.29 is 9.90 Å². The molecule has 0 aliphatic rings. The summed E-state index contributed by atoms with van der Waals surface area (Å²) in [6, 6.07) is 34.2. The van der Waals surface area contributed by atoms with E-state index in [4.69, 9.17) is 11.7 Å². The zero-order valence-corrected chi connectivity index (χ0v) is 23.7. The van der Waals surface area contributed by atoms with Gasteiger partial charge < -0.3 is 10.0 Å². The predicted octanol–water partition coefficient (Wildman–Crippen LogP) is 10.1. The van der Waals surface area contributed by atoms with Gasteiger partial charge in [0.2, 0.25) is 0 Å². The van der Waals surface area contributed by atoms with Gasteiger partial charge in [-0.1, -0.05) is 53.6 Å². The molecule has 0 saturated heterocycles. The number of aliphatic carboxylic acids is 1. The molecule has 0 fully saturated rings. The fourth-order valence-electron chi connectivity index (χ4n) is 4.20. The third-order valence-electron chi connectivity index (χ3n) is 6.32. The van der Waals surface area contributed by atoms with E-state index in [1.165, 1.54) is 27.0 Å². The second kappa shape index (κ2) is 12.0. The summed E-state index contributed by atoms with van der Waals surface area (Å²) in [6.45, 7) is 11.1. The Hall–Kier alpha value is -4.70. The van der Waals surface area contributed by atoms with Crippen LogP contribution in [-0.4, -0.2) is 11.1 Å². The number of hydrogen-bond donors (Lipinski definition) is 1. The van der Waals surface area contributed by atoms with Crippen molar-refractivity contribution >= 4 is 51.8 Å². The Balaban J connectivity index is 1.37. The molecule has 0 spiro atoms. The maximum absolute atomic E-state index is 11.0. The molecule has 3 aromatic carbocycles. The van der Waals surface area contributed by atoms with Gasteiger partial charge in [0.05, 0.1) is 6.57 Å². The summed E-state index contributed by atoms with van der Waals surface area (Å²) in [6.07, 6.45) is 4.75. The minimum absolute atomic E-state index is 0.303. The Morgan fingerprint density at radius 3 is 1.77 bits per heavy atom. The number of nitrogens with zero attached hydrogens (tertiary/aromatic N) is 2. The Morgan fingerprint density at radius 2 is 1.23 bits per heavy atom. The van der Waals surface area contributed by atoms with Crippen LogP contribution in [0.1, 0.15) is 16.0 Å². The molecule has 5 aromatic rings. The zero-order valence-electron chi connectivity index (χ0n) is 22.0. The molecule has 0 atom stereocenters. The summed E-state index contributed by atoms with van der Waals surface area (Å²) >= 11 is 3.37. The Bertz CT molecular complexity index is 1690. The molecule has 196 valence electrons. The lowest BCUT2D eigenvalue weighted by atomic mass is 10.1. The normalized spacial score (nSPS) is 11.5. The van der Waals surface area contributed by atoms with E-state index in [0.29, 0.717) is 0 Å². The van der Waals surface area contributed by atoms with Crippen molar-refractivity contribution in [1.82, 2.24) is 0 Å². The lowest BCUT2D eigenvalue weighted by molar-refractivity contribution is -0.132. The first kappa shape index (κ1) is 26.9. The Labute approximate surface area is 242 Å². The molecule has 0 amide bonds. The third-order valence-corrected chi connectivity index (χ3v) is 8.70. The van der Waals surface area contributed by atoms with Gasteiger partial charge in [-0.3, -0.25) is 4.79 Å². The molecule has 0 saturated carbocycles. The van der Waals surface area contributed by atoms with E-state index in [1.807, 2.05) is 12.1 Å². The van der Waals surface area contributed by atoms with E-state index in [1.54, 1.807) is 28.7 Å². The van der Waals surface area contributed by atoms with E-state index in [0.717, 1.165) is 32.4 Å². The predicted molar refractivity (Wildman–Crippen MR) is 169 cm³/mol. The van der Waals surface area contributed by atoms with E-state index in [9.17, 15) is 4.79 Å². The monoisotopic (exact) mass is 558 g/mol. The van der Waals surface area contributed by atoms with Crippen molar-refractivity contribution in [3.8, 4) is 20.2 Å². The molecule has 6 heteroatoms. The lowest BCUT2D eigenvalue weighted by Crippen LogP contribution is -2.09. The fraction of sp³-hybridized carbons (Fsp3) is 0.0588. The number of rotatable bonds is 8. The van der Waals surface area contributed by atoms with Crippen LogP contribution in [0.2, 0.25) is 0 Å². The second-order valence-corrected chi connectivity index (χ2v) is 11.4. The summed E-state index contributed by atoms with van der Waals surface area (Å²) in [5, 5.41) is 8.97. The van der Waals surface area contributed by atoms with Crippen LogP contribution in [0.4, 0.5) is 17.1 Å². The molecule has 0 aliphatic carbocycles. The van der Waals surface area contributed by atoms with Crippen LogP contribution in [-0.2, 0) is 4.79 Å². The molecule has 2 heterocycles. The first-order chi connectivity index (χ1) is 19.4. The summed E-state index contributed by atoms with van der Waals surface area (Å²) in [4.78, 5) is 20.8. The van der Waals surface area contributed by atoms with E-state index < -0.39 is 5.97 Å². The van der Waals surface area contributed by atoms with Crippen molar-refractivity contribution in [1.29, 1.82) is 0 Å². The van der Waals surface area contributed by atoms with Gasteiger partial charge in [0, 0.05) is 36.6 Å². The first-order valence-corrected chi connectivity index (χ1v) is 14.3. The van der Waals surface area contributed by atoms with Crippen LogP contribution in [0.15, 0.2) is 115 Å². The van der Waals surface area contributed by atoms with Crippen molar-refractivity contribution in [2.45, 2.75) is 13.8 Å². The van der Waals surface area contributed by atoms with E-state index in [-0.39, 0.29) is 5.70 Å². The highest BCUT2D eigenvalue weighted by atomic mass is 32.1. The number of hydrogen-bond acceptors (Lipinski definition) is 4. The van der Waals surface area contributed by atoms with Gasteiger partial charge in [-0.15, -0.1) is 22.7 Å². The molecule has 0 unspecified atom stereocenters. The fourth-order valence-corrected chi connectivity index (χ4v) is 6.22. The molecule has 1 N–H and O–H groups in total. The number of anilines is 3. The number of carboxylic acids is 1. The van der Waals surface area contributed by atoms with Crippen LogP contribution in [0.3, 0.4) is 0 Å². The molecule has 2 aromatic heterocycles. The zero-order chi connectivity index (χ0) is 28.1. The SMILES string of the molecule is [C-]#[N+]C(=CC=Cc1ccc(-c2ccc(-c3ccc(N(c4ccc(C)cc4)c4ccc(C)cc4)cc3)s2)s1)C(=O)O. The number of benzene rings is 3. The molecule has 0 radical (unpaired) electrons. The van der Waals surface area contributed by atoms with Gasteiger partial charge in [-0.2, -0.15) is 0 Å². The molecule has 40 heavy (non-hydrogen) atoms. The van der Waals surface area contributed by atoms with Crippen LogP contribution in [0.25, 0.3) is 31.1 Å². The lowest BCUT2D eigenvalue weighted by Gasteiger charge is -2.26. The average Bonchev–Trinajstić information content (AvgIpc) is 3.64. The number of carbonyl (C=O) groups is 1. The van der Waals surface area contributed by atoms with Gasteiger partial charge in [0.1, 0.15) is 0 Å². The average molecular weight is 559 g/mol. The van der Waals surface area contributed by atoms with Crippen LogP contribution < -0.4 is 4.90 Å². The molecule has 4 nitrogen and oxygen atoms in total. The highest BCUT2D eigenvalue weighted by Crippen LogP contribution is 2.40. The standard InChI is InChI=1S/C34H26N2O2S2/c1-23-7-13-26(14-8-23)36(27-15-9-24(2)10-16-27)28-17-11-25(12-18-28)31-21-22-33(40-31)32-20-19-29(39-32)5-4-6-30(35-3)34(37)38/h4-22H,1-2H3,(H,37,38).